The van der Waals surface area contributed by atoms with Gasteiger partial charge < -0.3 is 0 Å². The van der Waals surface area contributed by atoms with Gasteiger partial charge in [-0.1, -0.05) is 27.7 Å². The summed E-state index contributed by atoms with van der Waals surface area (Å²) < 4.78 is 4.14. The number of aromatic nitrogens is 2. The van der Waals surface area contributed by atoms with E-state index in [1.807, 2.05) is 0 Å². The highest BCUT2D eigenvalue weighted by molar-refractivity contribution is 7.16. The Morgan fingerprint density at radius 2 is 1.07 bits per heavy atom. The van der Waals surface area contributed by atoms with Gasteiger partial charge in [-0.25, -0.2) is 9.35 Å². The van der Waals surface area contributed by atoms with Crippen LogP contribution in [0.3, 0.4) is 0 Å². The molecule has 0 spiro atoms. The number of thiophene rings is 1. The van der Waals surface area contributed by atoms with Gasteiger partial charge >= 0.3 is 0 Å². The van der Waals surface area contributed by atoms with Crippen molar-refractivity contribution in [1.82, 2.24) is 9.35 Å². The van der Waals surface area contributed by atoms with Crippen LogP contribution in [0.5, 0.6) is 0 Å². The van der Waals surface area contributed by atoms with E-state index in [0.29, 0.717) is 11.8 Å². The molecule has 0 radical (unpaired) electrons. The minimum atomic E-state index is 0.438. The smallest absolute Gasteiger partial charge is 0.0754 e. The highest BCUT2D eigenvalue weighted by atomic mass is 32.1. The first-order chi connectivity index (χ1) is 13.7. The van der Waals surface area contributed by atoms with Crippen LogP contribution in [0.1, 0.15) is 85.9 Å². The van der Waals surface area contributed by atoms with E-state index >= 15 is 0 Å². The fourth-order valence-corrected chi connectivity index (χ4v) is 4.26. The van der Waals surface area contributed by atoms with E-state index in [1.54, 1.807) is 11.3 Å². The van der Waals surface area contributed by atoms with Gasteiger partial charge in [-0.2, -0.15) is 10.2 Å². The lowest BCUT2D eigenvalue weighted by atomic mass is 10.1. The molecule has 0 N–H and O–H groups in total. The molecule has 0 aliphatic carbocycles. The Morgan fingerprint density at radius 1 is 0.690 bits per heavy atom. The largest absolute Gasteiger partial charge is 0.242 e. The fraction of sp³-hybridized carbons (Fsp3) is 0.417. The van der Waals surface area contributed by atoms with Gasteiger partial charge in [-0.15, -0.1) is 11.3 Å². The van der Waals surface area contributed by atoms with E-state index < -0.39 is 0 Å². The second kappa shape index (κ2) is 8.54. The van der Waals surface area contributed by atoms with Crippen molar-refractivity contribution >= 4 is 22.8 Å². The monoisotopic (exact) mass is 408 g/mol. The molecule has 29 heavy (non-hydrogen) atoms. The molecule has 0 bridgehead atoms. The summed E-state index contributed by atoms with van der Waals surface area (Å²) >= 11 is 1.74. The quantitative estimate of drug-likeness (QED) is 0.404. The van der Waals surface area contributed by atoms with Crippen LogP contribution < -0.4 is 0 Å². The van der Waals surface area contributed by atoms with Crippen molar-refractivity contribution in [3.63, 3.8) is 0 Å². The second-order valence-corrected chi connectivity index (χ2v) is 9.35. The SMILES string of the molecule is CC(=Nn1c(C)ccc1C(C)C)c1ccc(C(C)=Nn2c(C)ccc2C(C)C)s1. The molecule has 3 heterocycles. The van der Waals surface area contributed by atoms with E-state index in [9.17, 15) is 0 Å². The normalized spacial score (nSPS) is 13.2. The highest BCUT2D eigenvalue weighted by Gasteiger charge is 2.12. The summed E-state index contributed by atoms with van der Waals surface area (Å²) in [6, 6.07) is 12.9. The molecule has 0 aromatic carbocycles. The fourth-order valence-electron chi connectivity index (χ4n) is 3.37. The molecule has 0 saturated carbocycles. The predicted octanol–water partition coefficient (Wildman–Crippen LogP) is 6.76. The van der Waals surface area contributed by atoms with Gasteiger partial charge in [0, 0.05) is 22.8 Å². The molecule has 0 atom stereocenters. The standard InChI is InChI=1S/C24H32N4S/c1-15(2)21-11-9-17(5)27(21)25-19(7)23-13-14-24(29-23)20(8)26-28-18(6)10-12-22(28)16(3)4/h9-16H,1-8H3. The van der Waals surface area contributed by atoms with Crippen LogP contribution in [0.2, 0.25) is 0 Å². The molecule has 0 fully saturated rings. The van der Waals surface area contributed by atoms with Crippen molar-refractivity contribution in [3.8, 4) is 0 Å². The Bertz CT molecular complexity index is 974. The zero-order valence-corrected chi connectivity index (χ0v) is 19.6. The molecule has 0 saturated heterocycles. The Kier molecular flexibility index (Phi) is 6.27. The van der Waals surface area contributed by atoms with Crippen LogP contribution in [-0.2, 0) is 0 Å². The van der Waals surface area contributed by atoms with Gasteiger partial charge in [-0.05, 0) is 75.9 Å². The molecule has 5 heteroatoms. The summed E-state index contributed by atoms with van der Waals surface area (Å²) in [5.74, 6) is 0.877. The molecule has 0 aliphatic heterocycles. The van der Waals surface area contributed by atoms with Crippen LogP contribution in [-0.4, -0.2) is 20.8 Å². The summed E-state index contributed by atoms with van der Waals surface area (Å²) in [5, 5.41) is 9.82. The average molecular weight is 409 g/mol. The minimum absolute atomic E-state index is 0.438. The van der Waals surface area contributed by atoms with Gasteiger partial charge in [0.25, 0.3) is 0 Å². The molecule has 154 valence electrons. The van der Waals surface area contributed by atoms with Gasteiger partial charge in [0.05, 0.1) is 21.2 Å². The Balaban J connectivity index is 1.91. The maximum absolute atomic E-state index is 4.91. The molecule has 4 nitrogen and oxygen atoms in total. The third-order valence-corrected chi connectivity index (χ3v) is 6.45. The van der Waals surface area contributed by atoms with Crippen LogP contribution in [0.15, 0.2) is 46.6 Å². The second-order valence-electron chi connectivity index (χ2n) is 8.27. The lowest BCUT2D eigenvalue weighted by Crippen LogP contribution is -2.04. The van der Waals surface area contributed by atoms with Gasteiger partial charge in [0.1, 0.15) is 0 Å². The zero-order valence-electron chi connectivity index (χ0n) is 18.8. The summed E-state index contributed by atoms with van der Waals surface area (Å²) in [6.45, 7) is 17.2. The number of hydrogen-bond donors (Lipinski definition) is 0. The molecule has 3 aromatic heterocycles. The zero-order chi connectivity index (χ0) is 21.3. The molecule has 3 aromatic rings. The summed E-state index contributed by atoms with van der Waals surface area (Å²) in [6.07, 6.45) is 0. The molecule has 0 unspecified atom stereocenters. The van der Waals surface area contributed by atoms with Gasteiger partial charge in [0.2, 0.25) is 0 Å². The van der Waals surface area contributed by atoms with Crippen molar-refractivity contribution in [1.29, 1.82) is 0 Å². The average Bonchev–Trinajstić information content (AvgIpc) is 3.36. The van der Waals surface area contributed by atoms with Crippen molar-refractivity contribution in [2.45, 2.75) is 67.2 Å². The first kappa shape index (κ1) is 21.3. The third-order valence-electron chi connectivity index (χ3n) is 5.15. The van der Waals surface area contributed by atoms with E-state index in [0.717, 1.165) is 22.8 Å². The predicted molar refractivity (Wildman–Crippen MR) is 126 cm³/mol. The number of rotatable bonds is 6. The molecule has 3 rings (SSSR count). The lowest BCUT2D eigenvalue weighted by molar-refractivity contribution is 0.712. The van der Waals surface area contributed by atoms with Gasteiger partial charge in [0.15, 0.2) is 0 Å². The maximum atomic E-state index is 4.91. The summed E-state index contributed by atoms with van der Waals surface area (Å²) in [4.78, 5) is 2.34. The number of aryl methyl sites for hydroxylation is 2. The summed E-state index contributed by atoms with van der Waals surface area (Å²) in [7, 11) is 0. The van der Waals surface area contributed by atoms with Gasteiger partial charge in [-0.3, -0.25) is 0 Å². The topological polar surface area (TPSA) is 34.6 Å². The van der Waals surface area contributed by atoms with Crippen LogP contribution in [0.4, 0.5) is 0 Å². The van der Waals surface area contributed by atoms with Crippen molar-refractivity contribution in [2.24, 2.45) is 10.2 Å². The van der Waals surface area contributed by atoms with Crippen molar-refractivity contribution in [3.05, 3.63) is 68.9 Å². The maximum Gasteiger partial charge on any atom is 0.0754 e. The van der Waals surface area contributed by atoms with E-state index in [4.69, 9.17) is 10.2 Å². The molecule has 0 amide bonds. The third kappa shape index (κ3) is 4.45. The number of nitrogens with zero attached hydrogens (tertiary/aromatic N) is 4. The van der Waals surface area contributed by atoms with Crippen LogP contribution >= 0.6 is 11.3 Å². The van der Waals surface area contributed by atoms with Crippen molar-refractivity contribution < 1.29 is 0 Å². The minimum Gasteiger partial charge on any atom is -0.242 e. The molecular formula is C24H32N4S. The summed E-state index contributed by atoms with van der Waals surface area (Å²) in [5.41, 5.74) is 6.84. The van der Waals surface area contributed by atoms with E-state index in [2.05, 4.69) is 101 Å². The molecular weight excluding hydrogens is 376 g/mol. The number of hydrogen-bond acceptors (Lipinski definition) is 3. The molecule has 0 aliphatic rings. The Morgan fingerprint density at radius 3 is 1.41 bits per heavy atom. The van der Waals surface area contributed by atoms with Crippen molar-refractivity contribution in [2.75, 3.05) is 0 Å². The van der Waals surface area contributed by atoms with Crippen LogP contribution in [0, 0.1) is 13.8 Å². The van der Waals surface area contributed by atoms with E-state index in [-0.39, 0.29) is 0 Å². The lowest BCUT2D eigenvalue weighted by Gasteiger charge is -2.10. The first-order valence-corrected chi connectivity index (χ1v) is 11.1. The Labute approximate surface area is 178 Å². The Hall–Kier alpha value is -2.40. The highest BCUT2D eigenvalue weighted by Crippen LogP contribution is 2.23. The van der Waals surface area contributed by atoms with Crippen LogP contribution in [0.25, 0.3) is 0 Å². The first-order valence-electron chi connectivity index (χ1n) is 10.3. The van der Waals surface area contributed by atoms with E-state index in [1.165, 1.54) is 21.1 Å².